The quantitative estimate of drug-likeness (QED) is 0.154. The second kappa shape index (κ2) is 24.2. The summed E-state index contributed by atoms with van der Waals surface area (Å²) in [6.45, 7) is 0. The van der Waals surface area contributed by atoms with Gasteiger partial charge in [-0.25, -0.2) is 0 Å². The number of thiophene rings is 4. The van der Waals surface area contributed by atoms with E-state index in [0.717, 1.165) is 0 Å². The third-order valence-electron chi connectivity index (χ3n) is 29.9. The maximum absolute atomic E-state index is 2.62. The molecule has 0 N–H and O–H groups in total. The average Bonchev–Trinajstić information content (AvgIpc) is 1.48. The normalized spacial score (nSPS) is 13.8. The molecule has 4 aromatic heterocycles. The molecule has 0 aliphatic heterocycles. The minimum Gasteiger partial charge on any atom is -0.135 e. The largest absolute Gasteiger partial charge is 0.135 e. The molecule has 0 amide bonds. The molecule has 0 unspecified atom stereocenters. The monoisotopic (exact) mass is 1660 g/mol. The molecule has 0 nitrogen and oxygen atoms in total. The molecule has 0 radical (unpaired) electrons. The SMILES string of the molecule is c1ccc2c(c1)sc1c(-c3cc4c5c(c3)c3ccccc3c3cccc(c35)C43c4cccc5c6ccccc6c6cc(-c7cccc8c7sc7ccccc78)cc3c6c45)cccc12.c1ccc2c(c1)sc1cc(-c3cc4c5c(c3)c3ccccc3c3cccc(c35)C43c4cccc5c6ccccc6c6cc(-c7ccc8c(c7)sc7ccccc78)cc3c6c45)ccc12. The Kier molecular flexibility index (Phi) is 13.0. The number of fused-ring (bicyclic) bond motifs is 32. The van der Waals surface area contributed by atoms with Gasteiger partial charge in [-0.05, 0) is 303 Å². The van der Waals surface area contributed by atoms with Crippen molar-refractivity contribution in [2.45, 2.75) is 10.8 Å². The lowest BCUT2D eigenvalue weighted by atomic mass is 9.69. The van der Waals surface area contributed by atoms with Gasteiger partial charge in [-0.1, -0.05) is 303 Å². The van der Waals surface area contributed by atoms with Crippen LogP contribution < -0.4 is 0 Å². The fourth-order valence-corrected chi connectivity index (χ4v) is 29.8. The highest BCUT2D eigenvalue weighted by atomic mass is 32.1. The molecule has 32 rings (SSSR count). The molecule has 576 valence electrons. The van der Waals surface area contributed by atoms with Crippen molar-refractivity contribution < 1.29 is 0 Å². The van der Waals surface area contributed by atoms with Crippen molar-refractivity contribution in [3.8, 4) is 44.5 Å². The zero-order chi connectivity index (χ0) is 81.4. The summed E-state index contributed by atoms with van der Waals surface area (Å²) >= 11 is 7.65. The molecule has 0 saturated heterocycles. The van der Waals surface area contributed by atoms with E-state index in [1.807, 2.05) is 45.3 Å². The first-order valence-electron chi connectivity index (χ1n) is 43.8. The van der Waals surface area contributed by atoms with Crippen LogP contribution in [0.25, 0.3) is 254 Å². The lowest BCUT2D eigenvalue weighted by molar-refractivity contribution is 0.801. The van der Waals surface area contributed by atoms with Crippen LogP contribution in [0.5, 0.6) is 0 Å². The summed E-state index contributed by atoms with van der Waals surface area (Å²) in [6.07, 6.45) is 0. The van der Waals surface area contributed by atoms with E-state index in [1.54, 1.807) is 0 Å². The lowest BCUT2D eigenvalue weighted by Crippen LogP contribution is -2.26. The molecule has 0 saturated carbocycles. The maximum Gasteiger partial charge on any atom is 0.0726 e. The standard InChI is InChI=1S/2C61H32S2/c1-3-15-39-37(13-1)43-21-11-25-49-55(43)57-47(39)29-33(35-19-9-23-45-41-17-5-7-27-53(41)62-59(35)45)31-51(57)61(49)50-26-12-22-44-38-14-2-4-16-40(38)48-30-34(32-52(61)58(48)56(44)50)36-20-10-24-46-42-18-6-8-28-54(42)63-60(36)46;1-3-13-39-37(11-1)45-17-9-19-49-57(45)59-47(39)27-35(33-23-25-43-41-15-5-7-21-53(41)62-55(43)31-33)29-51(59)61(49)50-20-10-18-46-38-12-2-4-14-40(38)48-28-36(30-52(61)60(48)58(46)50)34-24-26-44-42-16-6-8-22-54(42)63-56(44)32-34/h2*1-32H. The first-order chi connectivity index (χ1) is 62.5. The molecule has 0 fully saturated rings. The number of hydrogen-bond donors (Lipinski definition) is 0. The molecule has 0 bridgehead atoms. The molecular formula is C122H64S4. The Balaban J connectivity index is 0.000000121. The molecule has 24 aromatic carbocycles. The third kappa shape index (κ3) is 8.37. The van der Waals surface area contributed by atoms with Crippen molar-refractivity contribution >= 4 is 255 Å². The van der Waals surface area contributed by atoms with Gasteiger partial charge in [0.15, 0.2) is 0 Å². The van der Waals surface area contributed by atoms with Gasteiger partial charge in [0.1, 0.15) is 0 Å². The number of hydrogen-bond acceptors (Lipinski definition) is 4. The van der Waals surface area contributed by atoms with E-state index in [-0.39, 0.29) is 0 Å². The van der Waals surface area contributed by atoms with Gasteiger partial charge in [0.2, 0.25) is 0 Å². The van der Waals surface area contributed by atoms with Crippen molar-refractivity contribution in [3.63, 3.8) is 0 Å². The Bertz CT molecular complexity index is 9460. The van der Waals surface area contributed by atoms with Crippen LogP contribution in [-0.4, -0.2) is 0 Å². The van der Waals surface area contributed by atoms with Crippen molar-refractivity contribution in [1.82, 2.24) is 0 Å². The number of benzene rings is 24. The molecule has 4 aliphatic carbocycles. The Labute approximate surface area is 737 Å². The summed E-state index contributed by atoms with van der Waals surface area (Å²) in [5.74, 6) is 0. The van der Waals surface area contributed by atoms with Crippen molar-refractivity contribution in [2.24, 2.45) is 0 Å². The molecule has 4 heterocycles. The van der Waals surface area contributed by atoms with Crippen molar-refractivity contribution in [1.29, 1.82) is 0 Å². The molecule has 126 heavy (non-hydrogen) atoms. The van der Waals surface area contributed by atoms with Gasteiger partial charge in [0.25, 0.3) is 0 Å². The van der Waals surface area contributed by atoms with Crippen molar-refractivity contribution in [3.05, 3.63) is 433 Å². The zero-order valence-electron chi connectivity index (χ0n) is 67.6. The topological polar surface area (TPSA) is 0 Å². The van der Waals surface area contributed by atoms with Gasteiger partial charge in [0, 0.05) is 80.7 Å². The van der Waals surface area contributed by atoms with E-state index < -0.39 is 10.8 Å². The highest BCUT2D eigenvalue weighted by molar-refractivity contribution is 7.27. The molecule has 28 aromatic rings. The minimum absolute atomic E-state index is 0.537. The average molecular weight is 1660 g/mol. The Morgan fingerprint density at radius 3 is 0.683 bits per heavy atom. The van der Waals surface area contributed by atoms with Gasteiger partial charge >= 0.3 is 0 Å². The van der Waals surface area contributed by atoms with Crippen LogP contribution in [0.4, 0.5) is 0 Å². The van der Waals surface area contributed by atoms with Crippen LogP contribution in [0.1, 0.15) is 44.5 Å². The smallest absolute Gasteiger partial charge is 0.0726 e. The van der Waals surface area contributed by atoms with Crippen LogP contribution in [0.3, 0.4) is 0 Å². The van der Waals surface area contributed by atoms with Crippen LogP contribution in [0, 0.1) is 0 Å². The summed E-state index contributed by atoms with van der Waals surface area (Å²) in [5, 5.41) is 43.0. The molecular weight excluding hydrogens is 1590 g/mol. The third-order valence-corrected chi connectivity index (χ3v) is 34.6. The second-order valence-electron chi connectivity index (χ2n) is 35.6. The summed E-state index contributed by atoms with van der Waals surface area (Å²) in [6, 6.07) is 149. The van der Waals surface area contributed by atoms with Crippen LogP contribution >= 0.6 is 45.3 Å². The first-order valence-corrected chi connectivity index (χ1v) is 47.1. The highest BCUT2D eigenvalue weighted by Crippen LogP contribution is 2.68. The Morgan fingerprint density at radius 2 is 0.357 bits per heavy atom. The molecule has 4 aliphatic rings. The van der Waals surface area contributed by atoms with Gasteiger partial charge < -0.3 is 0 Å². The summed E-state index contributed by atoms with van der Waals surface area (Å²) in [4.78, 5) is 0. The van der Waals surface area contributed by atoms with E-state index >= 15 is 0 Å². The molecule has 4 heteroatoms. The van der Waals surface area contributed by atoms with E-state index in [1.165, 1.54) is 299 Å². The molecule has 2 spiro atoms. The van der Waals surface area contributed by atoms with Gasteiger partial charge in [0.05, 0.1) is 10.8 Å². The zero-order valence-corrected chi connectivity index (χ0v) is 70.8. The second-order valence-corrected chi connectivity index (χ2v) is 39.8. The summed E-state index contributed by atoms with van der Waals surface area (Å²) in [7, 11) is 0. The summed E-state index contributed by atoms with van der Waals surface area (Å²) < 4.78 is 10.7. The minimum atomic E-state index is -0.553. The summed E-state index contributed by atoms with van der Waals surface area (Å²) in [5.41, 5.74) is 20.3. The van der Waals surface area contributed by atoms with E-state index in [2.05, 4.69) is 388 Å². The highest BCUT2D eigenvalue weighted by Gasteiger charge is 2.53. The predicted molar refractivity (Wildman–Crippen MR) is 547 cm³/mol. The molecule has 0 atom stereocenters. The van der Waals surface area contributed by atoms with E-state index in [4.69, 9.17) is 0 Å². The Hall–Kier alpha value is -14.7. The van der Waals surface area contributed by atoms with Gasteiger partial charge in [-0.15, -0.1) is 45.3 Å². The lowest BCUT2D eigenvalue weighted by Gasteiger charge is -2.32. The van der Waals surface area contributed by atoms with E-state index in [0.29, 0.717) is 0 Å². The number of rotatable bonds is 4. The maximum atomic E-state index is 2.62. The van der Waals surface area contributed by atoms with Crippen LogP contribution in [0.15, 0.2) is 388 Å². The van der Waals surface area contributed by atoms with Gasteiger partial charge in [-0.2, -0.15) is 0 Å². The van der Waals surface area contributed by atoms with E-state index in [9.17, 15) is 0 Å². The first kappa shape index (κ1) is 67.8. The Morgan fingerprint density at radius 1 is 0.127 bits per heavy atom. The van der Waals surface area contributed by atoms with Crippen molar-refractivity contribution in [2.75, 3.05) is 0 Å². The fraction of sp³-hybridized carbons (Fsp3) is 0.0164. The van der Waals surface area contributed by atoms with Crippen LogP contribution in [-0.2, 0) is 10.8 Å². The van der Waals surface area contributed by atoms with Gasteiger partial charge in [-0.3, -0.25) is 0 Å². The van der Waals surface area contributed by atoms with Crippen LogP contribution in [0.2, 0.25) is 0 Å². The fourth-order valence-electron chi connectivity index (χ4n) is 25.1. The predicted octanol–water partition coefficient (Wildman–Crippen LogP) is 35.4.